The molecule has 2 aliphatic rings. The molecule has 1 aromatic rings. The van der Waals surface area contributed by atoms with Crippen molar-refractivity contribution in [3.8, 4) is 5.75 Å². The number of hydrogen-bond donors (Lipinski definition) is 2. The molecule has 1 amide bonds. The van der Waals surface area contributed by atoms with E-state index in [4.69, 9.17) is 4.74 Å². The fraction of sp³-hybridized carbons (Fsp3) is 0.500. The average molecular weight is 312 g/mol. The Morgan fingerprint density at radius 1 is 1.56 bits per heavy atom. The SMILES string of the molecule is COc1cc(Br)nc(NC(=O)C2CC3C[C@H]3N2)c1. The van der Waals surface area contributed by atoms with Crippen LogP contribution in [0.3, 0.4) is 0 Å². The summed E-state index contributed by atoms with van der Waals surface area (Å²) in [6.07, 6.45) is 2.15. The van der Waals surface area contributed by atoms with Crippen LogP contribution in [0.25, 0.3) is 0 Å². The molecule has 0 spiro atoms. The maximum absolute atomic E-state index is 12.0. The molecule has 2 N–H and O–H groups in total. The van der Waals surface area contributed by atoms with Crippen molar-refractivity contribution in [2.75, 3.05) is 12.4 Å². The van der Waals surface area contributed by atoms with E-state index in [-0.39, 0.29) is 11.9 Å². The van der Waals surface area contributed by atoms with E-state index in [1.807, 2.05) is 0 Å². The molecule has 1 saturated heterocycles. The second-order valence-corrected chi connectivity index (χ2v) is 5.57. The van der Waals surface area contributed by atoms with Gasteiger partial charge in [-0.3, -0.25) is 4.79 Å². The van der Waals surface area contributed by atoms with Crippen molar-refractivity contribution in [3.05, 3.63) is 16.7 Å². The van der Waals surface area contributed by atoms with Gasteiger partial charge in [0.05, 0.1) is 13.2 Å². The van der Waals surface area contributed by atoms with Crippen LogP contribution in [0.5, 0.6) is 5.75 Å². The summed E-state index contributed by atoms with van der Waals surface area (Å²) in [5.41, 5.74) is 0. The molecule has 3 rings (SSSR count). The molecule has 2 fully saturated rings. The minimum atomic E-state index is -0.0828. The number of methoxy groups -OCH3 is 1. The first-order valence-electron chi connectivity index (χ1n) is 5.94. The number of piperidine rings is 1. The summed E-state index contributed by atoms with van der Waals surface area (Å²) in [5.74, 6) is 1.85. The third-order valence-electron chi connectivity index (χ3n) is 3.45. The molecule has 0 radical (unpaired) electrons. The van der Waals surface area contributed by atoms with Gasteiger partial charge in [0.25, 0.3) is 0 Å². The Kier molecular flexibility index (Phi) is 2.99. The average Bonchev–Trinajstić information content (AvgIpc) is 2.95. The van der Waals surface area contributed by atoms with Crippen LogP contribution >= 0.6 is 15.9 Å². The molecular formula is C12H14BrN3O2. The van der Waals surface area contributed by atoms with Gasteiger partial charge >= 0.3 is 0 Å². The number of rotatable bonds is 3. The van der Waals surface area contributed by atoms with E-state index in [0.717, 1.165) is 6.42 Å². The minimum absolute atomic E-state index is 0.0187. The second-order valence-electron chi connectivity index (χ2n) is 4.76. The molecular weight excluding hydrogens is 298 g/mol. The lowest BCUT2D eigenvalue weighted by Crippen LogP contribution is -2.38. The molecule has 5 nitrogen and oxygen atoms in total. The normalized spacial score (nSPS) is 28.7. The zero-order valence-corrected chi connectivity index (χ0v) is 11.5. The van der Waals surface area contributed by atoms with Gasteiger partial charge in [-0.2, -0.15) is 0 Å². The lowest BCUT2D eigenvalue weighted by atomic mass is 10.2. The third kappa shape index (κ3) is 2.35. The van der Waals surface area contributed by atoms with E-state index >= 15 is 0 Å². The van der Waals surface area contributed by atoms with E-state index in [2.05, 4.69) is 31.5 Å². The van der Waals surface area contributed by atoms with Crippen molar-refractivity contribution < 1.29 is 9.53 Å². The largest absolute Gasteiger partial charge is 0.497 e. The van der Waals surface area contributed by atoms with Crippen molar-refractivity contribution in [3.63, 3.8) is 0 Å². The standard InChI is InChI=1S/C12H14BrN3O2/c1-18-7-4-10(13)15-11(5-7)16-12(17)9-3-6-2-8(6)14-9/h4-6,8-9,14H,2-3H2,1H3,(H,15,16,17)/t6?,8-,9?/m1/s1. The predicted molar refractivity (Wildman–Crippen MR) is 70.6 cm³/mol. The number of nitrogens with zero attached hydrogens (tertiary/aromatic N) is 1. The number of amides is 1. The Bertz CT molecular complexity index is 484. The summed E-state index contributed by atoms with van der Waals surface area (Å²) >= 11 is 3.29. The van der Waals surface area contributed by atoms with Gasteiger partial charge in [-0.05, 0) is 34.7 Å². The molecule has 2 unspecified atom stereocenters. The molecule has 0 bridgehead atoms. The minimum Gasteiger partial charge on any atom is -0.497 e. The van der Waals surface area contributed by atoms with Gasteiger partial charge in [0.1, 0.15) is 16.2 Å². The van der Waals surface area contributed by atoms with Crippen LogP contribution in [0.2, 0.25) is 0 Å². The van der Waals surface area contributed by atoms with Crippen LogP contribution in [0, 0.1) is 5.92 Å². The van der Waals surface area contributed by atoms with Gasteiger partial charge in [0, 0.05) is 18.2 Å². The van der Waals surface area contributed by atoms with Gasteiger partial charge in [-0.15, -0.1) is 0 Å². The van der Waals surface area contributed by atoms with Gasteiger partial charge < -0.3 is 15.4 Å². The molecule has 1 aliphatic heterocycles. The van der Waals surface area contributed by atoms with Crippen molar-refractivity contribution in [2.24, 2.45) is 5.92 Å². The van der Waals surface area contributed by atoms with E-state index < -0.39 is 0 Å². The maximum Gasteiger partial charge on any atom is 0.242 e. The highest BCUT2D eigenvalue weighted by atomic mass is 79.9. The molecule has 6 heteroatoms. The Morgan fingerprint density at radius 3 is 3.06 bits per heavy atom. The number of nitrogens with one attached hydrogen (secondary N) is 2. The smallest absolute Gasteiger partial charge is 0.242 e. The molecule has 96 valence electrons. The number of hydrogen-bond acceptors (Lipinski definition) is 4. The Hall–Kier alpha value is -1.14. The summed E-state index contributed by atoms with van der Waals surface area (Å²) in [6, 6.07) is 3.93. The van der Waals surface area contributed by atoms with Crippen molar-refractivity contribution in [2.45, 2.75) is 24.9 Å². The van der Waals surface area contributed by atoms with Crippen LogP contribution in [-0.4, -0.2) is 30.1 Å². The van der Waals surface area contributed by atoms with Crippen molar-refractivity contribution in [1.29, 1.82) is 0 Å². The number of fused-ring (bicyclic) bond motifs is 1. The highest BCUT2D eigenvalue weighted by molar-refractivity contribution is 9.10. The van der Waals surface area contributed by atoms with E-state index in [0.29, 0.717) is 28.1 Å². The molecule has 1 aromatic heterocycles. The fourth-order valence-electron chi connectivity index (χ4n) is 2.39. The second kappa shape index (κ2) is 4.51. The summed E-state index contributed by atoms with van der Waals surface area (Å²) in [6.45, 7) is 0. The fourth-order valence-corrected chi connectivity index (χ4v) is 2.81. The number of halogens is 1. The van der Waals surface area contributed by atoms with Crippen molar-refractivity contribution in [1.82, 2.24) is 10.3 Å². The van der Waals surface area contributed by atoms with Crippen LogP contribution in [0.1, 0.15) is 12.8 Å². The van der Waals surface area contributed by atoms with E-state index in [9.17, 15) is 4.79 Å². The van der Waals surface area contributed by atoms with Crippen LogP contribution in [0.15, 0.2) is 16.7 Å². The number of carbonyl (C=O) groups excluding carboxylic acids is 1. The maximum atomic E-state index is 12.0. The van der Waals surface area contributed by atoms with Gasteiger partial charge in [0.2, 0.25) is 5.91 Å². The van der Waals surface area contributed by atoms with Gasteiger partial charge in [0.15, 0.2) is 0 Å². The van der Waals surface area contributed by atoms with E-state index in [1.54, 1.807) is 19.2 Å². The third-order valence-corrected chi connectivity index (χ3v) is 3.85. The zero-order chi connectivity index (χ0) is 12.7. The number of ether oxygens (including phenoxy) is 1. The monoisotopic (exact) mass is 311 g/mol. The Morgan fingerprint density at radius 2 is 2.39 bits per heavy atom. The zero-order valence-electron chi connectivity index (χ0n) is 9.94. The summed E-state index contributed by atoms with van der Waals surface area (Å²) in [5, 5.41) is 6.13. The lowest BCUT2D eigenvalue weighted by Gasteiger charge is -2.13. The molecule has 1 aliphatic carbocycles. The highest BCUT2D eigenvalue weighted by Gasteiger charge is 2.47. The first kappa shape index (κ1) is 11.9. The van der Waals surface area contributed by atoms with E-state index in [1.165, 1.54) is 6.42 Å². The molecule has 0 aromatic carbocycles. The van der Waals surface area contributed by atoms with Crippen LogP contribution in [-0.2, 0) is 4.79 Å². The molecule has 1 saturated carbocycles. The summed E-state index contributed by atoms with van der Waals surface area (Å²) in [7, 11) is 1.58. The van der Waals surface area contributed by atoms with Gasteiger partial charge in [-0.25, -0.2) is 4.98 Å². The first-order chi connectivity index (χ1) is 8.65. The molecule has 3 atom stereocenters. The number of pyridine rings is 1. The Balaban J connectivity index is 1.68. The van der Waals surface area contributed by atoms with Crippen molar-refractivity contribution >= 4 is 27.7 Å². The van der Waals surface area contributed by atoms with Crippen LogP contribution in [0.4, 0.5) is 5.82 Å². The summed E-state index contributed by atoms with van der Waals surface area (Å²) < 4.78 is 5.77. The number of carbonyl (C=O) groups is 1. The topological polar surface area (TPSA) is 63.2 Å². The number of aromatic nitrogens is 1. The summed E-state index contributed by atoms with van der Waals surface area (Å²) in [4.78, 5) is 16.2. The molecule has 18 heavy (non-hydrogen) atoms. The Labute approximate surface area is 113 Å². The van der Waals surface area contributed by atoms with Crippen LogP contribution < -0.4 is 15.4 Å². The lowest BCUT2D eigenvalue weighted by molar-refractivity contribution is -0.118. The first-order valence-corrected chi connectivity index (χ1v) is 6.73. The molecule has 2 heterocycles. The number of anilines is 1. The highest BCUT2D eigenvalue weighted by Crippen LogP contribution is 2.40. The predicted octanol–water partition coefficient (Wildman–Crippen LogP) is 1.54. The quantitative estimate of drug-likeness (QED) is 0.831. The van der Waals surface area contributed by atoms with Gasteiger partial charge in [-0.1, -0.05) is 0 Å².